The van der Waals surface area contributed by atoms with Crippen LogP contribution in [-0.4, -0.2) is 57.6 Å². The molecule has 0 unspecified atom stereocenters. The van der Waals surface area contributed by atoms with Gasteiger partial charge in [-0.25, -0.2) is 0 Å². The predicted molar refractivity (Wildman–Crippen MR) is 111 cm³/mol. The number of aromatic nitrogens is 3. The highest BCUT2D eigenvalue weighted by atomic mass is 32.2. The number of fused-ring (bicyclic) bond motifs is 1. The number of rotatable bonds is 6. The van der Waals surface area contributed by atoms with Crippen molar-refractivity contribution < 1.29 is 14.3 Å². The second-order valence-corrected chi connectivity index (χ2v) is 7.77. The maximum atomic E-state index is 12.6. The number of hydrogen-bond donors (Lipinski definition) is 0. The molecule has 0 fully saturated rings. The molecule has 0 radical (unpaired) electrons. The van der Waals surface area contributed by atoms with E-state index in [-0.39, 0.29) is 17.8 Å². The van der Waals surface area contributed by atoms with Crippen LogP contribution in [0.1, 0.15) is 5.56 Å². The van der Waals surface area contributed by atoms with E-state index >= 15 is 0 Å². The zero-order valence-electron chi connectivity index (χ0n) is 16.3. The van der Waals surface area contributed by atoms with Gasteiger partial charge in [0.15, 0.2) is 22.8 Å². The van der Waals surface area contributed by atoms with Gasteiger partial charge >= 0.3 is 0 Å². The number of hydrogen-bond acceptors (Lipinski definition) is 6. The summed E-state index contributed by atoms with van der Waals surface area (Å²) in [6.07, 6.45) is 1.48. The van der Waals surface area contributed by atoms with Crippen molar-refractivity contribution in [3.05, 3.63) is 60.4 Å². The van der Waals surface area contributed by atoms with Gasteiger partial charge in [0.2, 0.25) is 5.91 Å². The molecule has 0 spiro atoms. The molecule has 1 aliphatic heterocycles. The second kappa shape index (κ2) is 8.57. The van der Waals surface area contributed by atoms with Crippen molar-refractivity contribution in [3.8, 4) is 17.2 Å². The Morgan fingerprint density at radius 1 is 1.21 bits per heavy atom. The molecule has 1 amide bonds. The molecular weight excluding hydrogens is 388 g/mol. The van der Waals surface area contributed by atoms with Gasteiger partial charge in [-0.1, -0.05) is 42.1 Å². The first-order valence-corrected chi connectivity index (χ1v) is 10.3. The molecule has 150 valence electrons. The minimum Gasteiger partial charge on any atom is -0.486 e. The third-order valence-electron chi connectivity index (χ3n) is 4.69. The summed E-state index contributed by atoms with van der Waals surface area (Å²) in [6, 6.07) is 15.6. The molecule has 0 N–H and O–H groups in total. The monoisotopic (exact) mass is 410 g/mol. The molecule has 7 nitrogen and oxygen atoms in total. The van der Waals surface area contributed by atoms with Crippen LogP contribution < -0.4 is 9.47 Å². The molecule has 2 aromatic carbocycles. The molecule has 3 aromatic rings. The van der Waals surface area contributed by atoms with E-state index in [4.69, 9.17) is 9.47 Å². The zero-order valence-corrected chi connectivity index (χ0v) is 17.1. The molecule has 4 rings (SSSR count). The van der Waals surface area contributed by atoms with Crippen LogP contribution >= 0.6 is 11.8 Å². The Morgan fingerprint density at radius 2 is 1.97 bits per heavy atom. The van der Waals surface area contributed by atoms with Crippen molar-refractivity contribution in [3.63, 3.8) is 0 Å². The van der Waals surface area contributed by atoms with Gasteiger partial charge in [-0.15, -0.1) is 10.2 Å². The first-order chi connectivity index (χ1) is 14.1. The molecule has 0 saturated carbocycles. The number of ether oxygens (including phenoxy) is 2. The van der Waals surface area contributed by atoms with Gasteiger partial charge in [0.05, 0.1) is 18.0 Å². The Morgan fingerprint density at radius 3 is 2.79 bits per heavy atom. The van der Waals surface area contributed by atoms with Gasteiger partial charge in [0, 0.05) is 7.05 Å². The molecule has 0 saturated heterocycles. The smallest absolute Gasteiger partial charge is 0.232 e. The van der Waals surface area contributed by atoms with Crippen LogP contribution in [0.4, 0.5) is 0 Å². The number of thioether (sulfide) groups is 1. The van der Waals surface area contributed by atoms with Crippen LogP contribution in [0, 0.1) is 6.92 Å². The summed E-state index contributed by atoms with van der Waals surface area (Å²) < 4.78 is 13.6. The number of aryl methyl sites for hydroxylation is 1. The summed E-state index contributed by atoms with van der Waals surface area (Å²) in [5, 5.41) is 8.86. The number of amides is 1. The van der Waals surface area contributed by atoms with Gasteiger partial charge in [-0.3, -0.25) is 9.36 Å². The number of carbonyl (C=O) groups excluding carboxylic acids is 1. The van der Waals surface area contributed by atoms with E-state index < -0.39 is 0 Å². The van der Waals surface area contributed by atoms with E-state index in [1.165, 1.54) is 11.8 Å². The van der Waals surface area contributed by atoms with Gasteiger partial charge < -0.3 is 14.4 Å². The van der Waals surface area contributed by atoms with Gasteiger partial charge in [0.25, 0.3) is 0 Å². The van der Waals surface area contributed by atoms with Crippen molar-refractivity contribution in [2.75, 3.05) is 26.0 Å². The minimum atomic E-state index is -0.195. The van der Waals surface area contributed by atoms with Crippen molar-refractivity contribution in [1.82, 2.24) is 19.7 Å². The summed E-state index contributed by atoms with van der Waals surface area (Å²) >= 11 is 1.37. The highest BCUT2D eigenvalue weighted by Crippen LogP contribution is 2.31. The van der Waals surface area contributed by atoms with E-state index in [1.54, 1.807) is 18.3 Å². The average molecular weight is 410 g/mol. The highest BCUT2D eigenvalue weighted by Gasteiger charge is 2.24. The molecule has 2 heterocycles. The third-order valence-corrected chi connectivity index (χ3v) is 5.61. The lowest BCUT2D eigenvalue weighted by Gasteiger charge is -2.29. The topological polar surface area (TPSA) is 69.5 Å². The molecule has 1 aromatic heterocycles. The van der Waals surface area contributed by atoms with E-state index in [0.29, 0.717) is 24.1 Å². The van der Waals surface area contributed by atoms with Crippen LogP contribution in [0.25, 0.3) is 5.69 Å². The quantitative estimate of drug-likeness (QED) is 0.582. The van der Waals surface area contributed by atoms with Crippen molar-refractivity contribution in [2.45, 2.75) is 18.2 Å². The first kappa shape index (κ1) is 19.3. The van der Waals surface area contributed by atoms with Crippen LogP contribution in [0.15, 0.2) is 60.0 Å². The summed E-state index contributed by atoms with van der Waals surface area (Å²) in [6.45, 7) is 2.91. The molecule has 0 bridgehead atoms. The van der Waals surface area contributed by atoms with E-state index in [2.05, 4.69) is 10.2 Å². The maximum absolute atomic E-state index is 12.6. The number of benzene rings is 2. The van der Waals surface area contributed by atoms with Crippen LogP contribution in [0.5, 0.6) is 11.5 Å². The first-order valence-electron chi connectivity index (χ1n) is 9.33. The van der Waals surface area contributed by atoms with Gasteiger partial charge in [-0.05, 0) is 30.7 Å². The number of para-hydroxylation sites is 3. The van der Waals surface area contributed by atoms with Crippen LogP contribution in [-0.2, 0) is 4.79 Å². The molecule has 1 aliphatic rings. The molecule has 29 heavy (non-hydrogen) atoms. The Hall–Kier alpha value is -3.00. The second-order valence-electron chi connectivity index (χ2n) is 6.83. The van der Waals surface area contributed by atoms with E-state index in [9.17, 15) is 4.79 Å². The fourth-order valence-electron chi connectivity index (χ4n) is 3.12. The standard InChI is InChI=1S/C21H22N4O3S/c1-15-7-3-4-8-17(15)25-14-22-23-21(25)29-13-20(26)24(2)11-16-12-27-18-9-5-6-10-19(18)28-16/h3-10,14,16H,11-13H2,1-2H3/t16-/m1/s1. The fourth-order valence-corrected chi connectivity index (χ4v) is 3.98. The fraction of sp³-hybridized carbons (Fsp3) is 0.286. The Labute approximate surface area is 173 Å². The summed E-state index contributed by atoms with van der Waals surface area (Å²) in [5.74, 6) is 1.72. The number of likely N-dealkylation sites (N-methyl/N-ethyl adjacent to an activating group) is 1. The maximum Gasteiger partial charge on any atom is 0.232 e. The Balaban J connectivity index is 1.34. The van der Waals surface area contributed by atoms with E-state index in [1.807, 2.05) is 60.0 Å². The number of nitrogens with zero attached hydrogens (tertiary/aromatic N) is 4. The van der Waals surface area contributed by atoms with E-state index in [0.717, 1.165) is 17.0 Å². The molecule has 8 heteroatoms. The normalized spacial score (nSPS) is 15.2. The average Bonchev–Trinajstić information content (AvgIpc) is 3.20. The number of carbonyl (C=O) groups is 1. The molecule has 1 atom stereocenters. The lowest BCUT2D eigenvalue weighted by atomic mass is 10.2. The predicted octanol–water partition coefficient (Wildman–Crippen LogP) is 2.97. The summed E-state index contributed by atoms with van der Waals surface area (Å²) in [5.41, 5.74) is 2.12. The minimum absolute atomic E-state index is 0.00297. The summed E-state index contributed by atoms with van der Waals surface area (Å²) in [4.78, 5) is 14.3. The Bertz CT molecular complexity index is 1010. The SMILES string of the molecule is Cc1ccccc1-n1cnnc1SCC(=O)N(C)C[C@@H]1COc2ccccc2O1. The highest BCUT2D eigenvalue weighted by molar-refractivity contribution is 7.99. The van der Waals surface area contributed by atoms with Crippen molar-refractivity contribution in [1.29, 1.82) is 0 Å². The lowest BCUT2D eigenvalue weighted by molar-refractivity contribution is -0.128. The van der Waals surface area contributed by atoms with Crippen LogP contribution in [0.3, 0.4) is 0 Å². The van der Waals surface area contributed by atoms with Gasteiger partial charge in [0.1, 0.15) is 12.9 Å². The van der Waals surface area contributed by atoms with Crippen LogP contribution in [0.2, 0.25) is 0 Å². The Kier molecular flexibility index (Phi) is 5.71. The molecule has 0 aliphatic carbocycles. The molecular formula is C21H22N4O3S. The van der Waals surface area contributed by atoms with Crippen molar-refractivity contribution >= 4 is 17.7 Å². The zero-order chi connectivity index (χ0) is 20.2. The largest absolute Gasteiger partial charge is 0.486 e. The lowest BCUT2D eigenvalue weighted by Crippen LogP contribution is -2.42. The summed E-state index contributed by atoms with van der Waals surface area (Å²) in [7, 11) is 1.78. The van der Waals surface area contributed by atoms with Crippen molar-refractivity contribution in [2.24, 2.45) is 0 Å². The van der Waals surface area contributed by atoms with Gasteiger partial charge in [-0.2, -0.15) is 0 Å². The third kappa shape index (κ3) is 4.37.